The van der Waals surface area contributed by atoms with Gasteiger partial charge in [-0.2, -0.15) is 0 Å². The summed E-state index contributed by atoms with van der Waals surface area (Å²) in [6.45, 7) is 1.03. The lowest BCUT2D eigenvalue weighted by Crippen LogP contribution is -2.71. The summed E-state index contributed by atoms with van der Waals surface area (Å²) in [5, 5.41) is 15.0. The lowest BCUT2D eigenvalue weighted by Gasteiger charge is -2.60. The highest BCUT2D eigenvalue weighted by Crippen LogP contribution is 2.61. The molecule has 0 amide bonds. The van der Waals surface area contributed by atoms with E-state index in [4.69, 9.17) is 4.74 Å². The minimum Gasteiger partial charge on any atom is -0.449 e. The van der Waals surface area contributed by atoms with E-state index in [-0.39, 0.29) is 11.5 Å². The number of hydrogen-bond acceptors (Lipinski definition) is 3. The summed E-state index contributed by atoms with van der Waals surface area (Å²) in [7, 11) is 0. The Labute approximate surface area is 113 Å². The van der Waals surface area contributed by atoms with Gasteiger partial charge in [-0.25, -0.2) is 0 Å². The van der Waals surface area contributed by atoms with Crippen LogP contribution < -0.4 is 10.1 Å². The highest BCUT2D eigenvalue weighted by molar-refractivity contribution is 5.65. The summed E-state index contributed by atoms with van der Waals surface area (Å²) in [4.78, 5) is 0. The largest absolute Gasteiger partial charge is 0.449 e. The van der Waals surface area contributed by atoms with Crippen LogP contribution in [0.1, 0.15) is 43.2 Å². The Balaban J connectivity index is 1.79. The van der Waals surface area contributed by atoms with Crippen LogP contribution in [0.3, 0.4) is 0 Å². The van der Waals surface area contributed by atoms with Gasteiger partial charge in [0.05, 0.1) is 5.60 Å². The molecule has 1 saturated carbocycles. The second kappa shape index (κ2) is 3.15. The monoisotopic (exact) mass is 257 g/mol. The summed E-state index contributed by atoms with van der Waals surface area (Å²) in [6, 6.07) is 4.55. The van der Waals surface area contributed by atoms with Gasteiger partial charge in [0.2, 0.25) is 0 Å². The maximum absolute atomic E-state index is 11.4. The van der Waals surface area contributed by atoms with E-state index in [1.54, 1.807) is 0 Å². The summed E-state index contributed by atoms with van der Waals surface area (Å²) in [6.07, 6.45) is 6.47. The van der Waals surface area contributed by atoms with Crippen molar-refractivity contribution >= 4 is 0 Å². The fraction of sp³-hybridized carbons (Fsp3) is 0.625. The predicted molar refractivity (Wildman–Crippen MR) is 71.7 cm³/mol. The first-order valence-corrected chi connectivity index (χ1v) is 7.55. The van der Waals surface area contributed by atoms with Gasteiger partial charge in [0.25, 0.3) is 0 Å². The van der Waals surface area contributed by atoms with E-state index in [0.717, 1.165) is 50.1 Å². The smallest absolute Gasteiger partial charge is 0.173 e. The molecular formula is C16H19NO2. The van der Waals surface area contributed by atoms with Gasteiger partial charge in [-0.15, -0.1) is 0 Å². The summed E-state index contributed by atoms with van der Waals surface area (Å²) in [5.41, 5.74) is 2.21. The molecule has 2 fully saturated rings. The van der Waals surface area contributed by atoms with E-state index in [0.29, 0.717) is 0 Å². The van der Waals surface area contributed by atoms with Crippen LogP contribution in [-0.4, -0.2) is 23.3 Å². The molecule has 3 heteroatoms. The quantitative estimate of drug-likeness (QED) is 0.712. The topological polar surface area (TPSA) is 44.8 Å². The number of aliphatic hydroxyl groups is 1. The van der Waals surface area contributed by atoms with E-state index in [9.17, 15) is 5.11 Å². The second-order valence-electron chi connectivity index (χ2n) is 6.70. The minimum absolute atomic E-state index is 0.0181. The van der Waals surface area contributed by atoms with Gasteiger partial charge >= 0.3 is 0 Å². The van der Waals surface area contributed by atoms with Crippen LogP contribution in [0, 0.1) is 0 Å². The van der Waals surface area contributed by atoms with Crippen LogP contribution in [0.2, 0.25) is 0 Å². The molecule has 0 aromatic heterocycles. The van der Waals surface area contributed by atoms with Crippen LogP contribution in [0.15, 0.2) is 12.1 Å². The van der Waals surface area contributed by atoms with Gasteiger partial charge in [-0.05, 0) is 43.9 Å². The van der Waals surface area contributed by atoms with Crippen molar-refractivity contribution in [2.75, 3.05) is 6.54 Å². The number of hydrogen-bond donors (Lipinski definition) is 2. The van der Waals surface area contributed by atoms with E-state index >= 15 is 0 Å². The Morgan fingerprint density at radius 2 is 2.11 bits per heavy atom. The Kier molecular flexibility index (Phi) is 1.78. The molecule has 2 heterocycles. The molecule has 4 aliphatic rings. The van der Waals surface area contributed by atoms with Crippen LogP contribution in [0.5, 0.6) is 11.5 Å². The highest BCUT2D eigenvalue weighted by Gasteiger charge is 2.62. The molecule has 5 rings (SSSR count). The average Bonchev–Trinajstić information content (AvgIpc) is 3.17. The van der Waals surface area contributed by atoms with Crippen molar-refractivity contribution in [3.05, 3.63) is 23.3 Å². The molecule has 1 aromatic carbocycles. The molecule has 1 unspecified atom stereocenters. The number of benzene rings is 1. The van der Waals surface area contributed by atoms with Gasteiger partial charge in [0.15, 0.2) is 11.5 Å². The molecule has 2 N–H and O–H groups in total. The zero-order valence-electron chi connectivity index (χ0n) is 11.0. The van der Waals surface area contributed by atoms with Gasteiger partial charge in [0, 0.05) is 17.0 Å². The Morgan fingerprint density at radius 1 is 1.21 bits per heavy atom. The number of rotatable bonds is 0. The molecule has 3 nitrogen and oxygen atoms in total. The fourth-order valence-electron chi connectivity index (χ4n) is 5.14. The van der Waals surface area contributed by atoms with Crippen LogP contribution in [-0.2, 0) is 11.8 Å². The van der Waals surface area contributed by atoms with Gasteiger partial charge in [0.1, 0.15) is 0 Å². The van der Waals surface area contributed by atoms with Gasteiger partial charge in [-0.1, -0.05) is 18.9 Å². The molecule has 100 valence electrons. The average molecular weight is 257 g/mol. The molecular weight excluding hydrogens is 238 g/mol. The molecule has 2 aliphatic carbocycles. The van der Waals surface area contributed by atoms with Crippen LogP contribution in [0.25, 0.3) is 0 Å². The Hall–Kier alpha value is -1.06. The van der Waals surface area contributed by atoms with Crippen molar-refractivity contribution in [1.82, 2.24) is 5.32 Å². The first kappa shape index (κ1) is 10.7. The third-order valence-corrected chi connectivity index (χ3v) is 6.08. The van der Waals surface area contributed by atoms with E-state index in [1.807, 2.05) is 0 Å². The van der Waals surface area contributed by atoms with Crippen molar-refractivity contribution in [3.63, 3.8) is 0 Å². The Morgan fingerprint density at radius 3 is 3.05 bits per heavy atom. The lowest BCUT2D eigenvalue weighted by atomic mass is 9.50. The molecule has 0 radical (unpaired) electrons. The zero-order chi connectivity index (χ0) is 12.7. The van der Waals surface area contributed by atoms with Gasteiger partial charge in [-0.3, -0.25) is 0 Å². The third-order valence-electron chi connectivity index (χ3n) is 6.08. The number of ether oxygens (including phenoxy) is 1. The highest BCUT2D eigenvalue weighted by atomic mass is 16.6. The molecule has 2 bridgehead atoms. The van der Waals surface area contributed by atoms with Crippen molar-refractivity contribution in [2.24, 2.45) is 0 Å². The normalized spacial score (nSPS) is 41.6. The summed E-state index contributed by atoms with van der Waals surface area (Å²) < 4.78 is 5.60. The maximum atomic E-state index is 11.4. The fourth-order valence-corrected chi connectivity index (χ4v) is 5.14. The summed E-state index contributed by atoms with van der Waals surface area (Å²) in [5.74, 6) is 2.16. The van der Waals surface area contributed by atoms with Gasteiger partial charge < -0.3 is 15.2 Å². The summed E-state index contributed by atoms with van der Waals surface area (Å²) >= 11 is 0. The minimum atomic E-state index is -0.542. The van der Waals surface area contributed by atoms with Crippen molar-refractivity contribution in [1.29, 1.82) is 0 Å². The molecule has 1 aromatic rings. The van der Waals surface area contributed by atoms with Crippen LogP contribution >= 0.6 is 0 Å². The lowest BCUT2D eigenvalue weighted by molar-refractivity contribution is -0.124. The maximum Gasteiger partial charge on any atom is 0.173 e. The van der Waals surface area contributed by atoms with Crippen molar-refractivity contribution in [3.8, 4) is 11.5 Å². The van der Waals surface area contributed by atoms with E-state index < -0.39 is 5.60 Å². The molecule has 3 atom stereocenters. The molecule has 19 heavy (non-hydrogen) atoms. The van der Waals surface area contributed by atoms with E-state index in [2.05, 4.69) is 17.4 Å². The first-order valence-electron chi connectivity index (χ1n) is 7.55. The number of piperidine rings is 1. The third kappa shape index (κ3) is 1.09. The van der Waals surface area contributed by atoms with Crippen LogP contribution in [0.4, 0.5) is 0 Å². The number of fused-ring (bicyclic) bond motifs is 3. The zero-order valence-corrected chi connectivity index (χ0v) is 11.0. The second-order valence-corrected chi connectivity index (χ2v) is 6.70. The predicted octanol–water partition coefficient (Wildman–Crippen LogP) is 2.25. The van der Waals surface area contributed by atoms with Crippen molar-refractivity contribution < 1.29 is 9.84 Å². The van der Waals surface area contributed by atoms with E-state index in [1.165, 1.54) is 17.5 Å². The molecule has 0 spiro atoms. The standard InChI is InChI=1S/C16H19NO2/c18-16-6-2-1-5-15(16)7-8-17-13(16)9-10-11(15)3-4-12-14(10)19-12/h3-4,13,17-18H,1-2,5-9H2/t13-,15+,16?/m1/s1. The Bertz CT molecular complexity index is 580. The SMILES string of the molecule is OC12CCCC[C@@]13CCN[C@@H]2Cc1c3ccc2c1O2. The first-order chi connectivity index (χ1) is 9.25. The number of nitrogens with one attached hydrogen (secondary N) is 1. The van der Waals surface area contributed by atoms with Crippen molar-refractivity contribution in [2.45, 2.75) is 55.6 Å². The molecule has 2 aliphatic heterocycles. The molecule has 1 saturated heterocycles.